The maximum Gasteiger partial charge on any atom is 0.416 e. The molecule has 0 radical (unpaired) electrons. The largest absolute Gasteiger partial charge is 0.416 e. The van der Waals surface area contributed by atoms with Crippen molar-refractivity contribution in [2.75, 3.05) is 12.0 Å². The van der Waals surface area contributed by atoms with Gasteiger partial charge in [0, 0.05) is 0 Å². The summed E-state index contributed by atoms with van der Waals surface area (Å²) in [6.45, 7) is 0. The Labute approximate surface area is 104 Å². The molecule has 0 atom stereocenters. The van der Waals surface area contributed by atoms with Gasteiger partial charge in [0.1, 0.15) is 0 Å². The first kappa shape index (κ1) is 15.2. The molecule has 1 rings (SSSR count). The highest BCUT2D eigenvalue weighted by Crippen LogP contribution is 2.36. The van der Waals surface area contributed by atoms with Crippen LogP contribution in [-0.2, 0) is 18.8 Å². The fourth-order valence-electron chi connectivity index (χ4n) is 1.38. The summed E-state index contributed by atoms with van der Waals surface area (Å²) in [6, 6.07) is 1.68. The molecule has 0 spiro atoms. The molecule has 1 aromatic rings. The summed E-state index contributed by atoms with van der Waals surface area (Å²) in [5.74, 6) is 0.471. The zero-order chi connectivity index (χ0) is 14.0. The van der Waals surface area contributed by atoms with E-state index < -0.39 is 23.5 Å². The van der Waals surface area contributed by atoms with Crippen molar-refractivity contribution in [1.82, 2.24) is 0 Å². The fraction of sp³-hybridized carbons (Fsp3) is 0.455. The zero-order valence-corrected chi connectivity index (χ0v) is 10.1. The summed E-state index contributed by atoms with van der Waals surface area (Å²) in [6.07, 6.45) is -7.63. The van der Waals surface area contributed by atoms with E-state index in [0.29, 0.717) is 5.75 Å². The van der Waals surface area contributed by atoms with Gasteiger partial charge in [-0.25, -0.2) is 0 Å². The maximum absolute atomic E-state index is 12.5. The van der Waals surface area contributed by atoms with Crippen LogP contribution in [0.15, 0.2) is 18.2 Å². The fourth-order valence-corrected chi connectivity index (χ4v) is 1.82. The van der Waals surface area contributed by atoms with Crippen molar-refractivity contribution in [2.24, 2.45) is 0 Å². The Hall–Kier alpha value is -0.850. The third-order valence-corrected chi connectivity index (χ3v) is 2.85. The van der Waals surface area contributed by atoms with Crippen LogP contribution in [0, 0.1) is 0 Å². The van der Waals surface area contributed by atoms with Gasteiger partial charge in [-0.15, -0.1) is 0 Å². The van der Waals surface area contributed by atoms with Gasteiger partial charge >= 0.3 is 12.4 Å². The van der Waals surface area contributed by atoms with Gasteiger partial charge in [-0.05, 0) is 42.2 Å². The smallest absolute Gasteiger partial charge is 0.166 e. The van der Waals surface area contributed by atoms with Crippen LogP contribution in [0.3, 0.4) is 0 Å². The van der Waals surface area contributed by atoms with E-state index in [0.717, 1.165) is 12.1 Å². The molecule has 1 aromatic carbocycles. The molecule has 0 aromatic heterocycles. The average Bonchev–Trinajstić information content (AvgIpc) is 2.23. The topological polar surface area (TPSA) is 0 Å². The normalized spacial score (nSPS) is 12.8. The van der Waals surface area contributed by atoms with Crippen LogP contribution in [0.4, 0.5) is 26.3 Å². The molecule has 0 N–H and O–H groups in total. The monoisotopic (exact) mass is 288 g/mol. The molecule has 0 nitrogen and oxygen atoms in total. The van der Waals surface area contributed by atoms with Gasteiger partial charge in [0.15, 0.2) is 0 Å². The van der Waals surface area contributed by atoms with Gasteiger partial charge in [-0.2, -0.15) is 38.1 Å². The predicted molar refractivity (Wildman–Crippen MR) is 58.5 cm³/mol. The minimum Gasteiger partial charge on any atom is -0.166 e. The van der Waals surface area contributed by atoms with E-state index in [1.807, 2.05) is 0 Å². The van der Waals surface area contributed by atoms with Gasteiger partial charge in [0.05, 0.1) is 11.1 Å². The minimum absolute atomic E-state index is 0.0477. The Morgan fingerprint density at radius 1 is 0.889 bits per heavy atom. The van der Waals surface area contributed by atoms with E-state index in [2.05, 4.69) is 0 Å². The van der Waals surface area contributed by atoms with Gasteiger partial charge in [0.2, 0.25) is 0 Å². The van der Waals surface area contributed by atoms with Crippen molar-refractivity contribution < 1.29 is 26.3 Å². The van der Waals surface area contributed by atoms with E-state index in [1.54, 1.807) is 6.26 Å². The van der Waals surface area contributed by atoms with Crippen LogP contribution < -0.4 is 0 Å². The molecule has 0 aliphatic carbocycles. The lowest BCUT2D eigenvalue weighted by atomic mass is 10.0. The highest BCUT2D eigenvalue weighted by molar-refractivity contribution is 7.98. The van der Waals surface area contributed by atoms with Crippen LogP contribution in [-0.4, -0.2) is 12.0 Å². The van der Waals surface area contributed by atoms with Crippen LogP contribution in [0.5, 0.6) is 0 Å². The third kappa shape index (κ3) is 4.12. The second-order valence-corrected chi connectivity index (χ2v) is 4.64. The standard InChI is InChI=1S/C11H10F6S/c1-18-3-2-7-4-8(10(12,13)14)6-9(5-7)11(15,16)17/h4-6H,2-3H2,1H3. The van der Waals surface area contributed by atoms with Crippen LogP contribution in [0.25, 0.3) is 0 Å². The molecule has 0 heterocycles. The van der Waals surface area contributed by atoms with Crippen molar-refractivity contribution in [2.45, 2.75) is 18.8 Å². The maximum atomic E-state index is 12.5. The number of hydrogen-bond donors (Lipinski definition) is 0. The Morgan fingerprint density at radius 3 is 1.67 bits per heavy atom. The second-order valence-electron chi connectivity index (χ2n) is 3.66. The summed E-state index contributed by atoms with van der Waals surface area (Å²) >= 11 is 1.36. The molecule has 0 unspecified atom stereocenters. The molecular weight excluding hydrogens is 278 g/mol. The van der Waals surface area contributed by atoms with Crippen molar-refractivity contribution in [3.63, 3.8) is 0 Å². The zero-order valence-electron chi connectivity index (χ0n) is 9.32. The average molecular weight is 288 g/mol. The molecule has 0 aliphatic heterocycles. The molecule has 7 heteroatoms. The number of alkyl halides is 6. The lowest BCUT2D eigenvalue weighted by Crippen LogP contribution is -2.12. The highest BCUT2D eigenvalue weighted by atomic mass is 32.2. The first-order valence-corrected chi connectivity index (χ1v) is 6.31. The summed E-state index contributed by atoms with van der Waals surface area (Å²) in [5.41, 5.74) is -2.46. The highest BCUT2D eigenvalue weighted by Gasteiger charge is 2.36. The Morgan fingerprint density at radius 2 is 1.33 bits per heavy atom. The summed E-state index contributed by atoms with van der Waals surface area (Å²) in [5, 5.41) is 0. The Balaban J connectivity index is 3.21. The Kier molecular flexibility index (Phi) is 4.58. The number of aryl methyl sites for hydroxylation is 1. The van der Waals surface area contributed by atoms with E-state index in [1.165, 1.54) is 11.8 Å². The molecule has 0 saturated heterocycles. The van der Waals surface area contributed by atoms with Crippen LogP contribution in [0.1, 0.15) is 16.7 Å². The third-order valence-electron chi connectivity index (χ3n) is 2.24. The van der Waals surface area contributed by atoms with Crippen LogP contribution >= 0.6 is 11.8 Å². The van der Waals surface area contributed by atoms with E-state index in [-0.39, 0.29) is 18.1 Å². The summed E-state index contributed by atoms with van der Waals surface area (Å²) in [4.78, 5) is 0. The quantitative estimate of drug-likeness (QED) is 0.731. The molecule has 0 fully saturated rings. The molecule has 0 aliphatic rings. The van der Waals surface area contributed by atoms with Gasteiger partial charge in [-0.3, -0.25) is 0 Å². The number of hydrogen-bond acceptors (Lipinski definition) is 1. The van der Waals surface area contributed by atoms with Crippen LogP contribution in [0.2, 0.25) is 0 Å². The number of thioether (sulfide) groups is 1. The van der Waals surface area contributed by atoms with Crippen molar-refractivity contribution in [3.05, 3.63) is 34.9 Å². The SMILES string of the molecule is CSCCc1cc(C(F)(F)F)cc(C(F)(F)F)c1. The van der Waals surface area contributed by atoms with E-state index >= 15 is 0 Å². The lowest BCUT2D eigenvalue weighted by molar-refractivity contribution is -0.143. The summed E-state index contributed by atoms with van der Waals surface area (Å²) in [7, 11) is 0. The van der Waals surface area contributed by atoms with Crippen molar-refractivity contribution in [1.29, 1.82) is 0 Å². The number of rotatable bonds is 3. The van der Waals surface area contributed by atoms with Crippen molar-refractivity contribution in [3.8, 4) is 0 Å². The van der Waals surface area contributed by atoms with E-state index in [4.69, 9.17) is 0 Å². The number of benzene rings is 1. The predicted octanol–water partition coefficient (Wildman–Crippen LogP) is 4.63. The molecular formula is C11H10F6S. The second kappa shape index (κ2) is 5.42. The first-order valence-electron chi connectivity index (χ1n) is 4.92. The minimum atomic E-state index is -4.77. The Bertz CT molecular complexity index is 375. The molecule has 102 valence electrons. The van der Waals surface area contributed by atoms with Gasteiger partial charge in [0.25, 0.3) is 0 Å². The molecule has 18 heavy (non-hydrogen) atoms. The number of halogens is 6. The summed E-state index contributed by atoms with van der Waals surface area (Å²) < 4.78 is 74.9. The molecule has 0 amide bonds. The lowest BCUT2D eigenvalue weighted by Gasteiger charge is -2.14. The molecule has 0 bridgehead atoms. The van der Waals surface area contributed by atoms with Crippen molar-refractivity contribution >= 4 is 11.8 Å². The molecule has 0 saturated carbocycles. The first-order chi connectivity index (χ1) is 8.14. The van der Waals surface area contributed by atoms with Gasteiger partial charge < -0.3 is 0 Å². The van der Waals surface area contributed by atoms with E-state index in [9.17, 15) is 26.3 Å². The van der Waals surface area contributed by atoms with Gasteiger partial charge in [-0.1, -0.05) is 0 Å².